The Morgan fingerprint density at radius 3 is 2.76 bits per heavy atom. The predicted molar refractivity (Wildman–Crippen MR) is 83.3 cm³/mol. The number of hydrogen-bond donors (Lipinski definition) is 0. The van der Waals surface area contributed by atoms with E-state index < -0.39 is 0 Å². The highest BCUT2D eigenvalue weighted by Crippen LogP contribution is 2.24. The normalized spacial score (nSPS) is 15.3. The van der Waals surface area contributed by atoms with E-state index in [4.69, 9.17) is 4.74 Å². The Bertz CT molecular complexity index is 657. The first-order valence-corrected chi connectivity index (χ1v) is 7.12. The Kier molecular flexibility index (Phi) is 3.96. The first kappa shape index (κ1) is 13.8. The van der Waals surface area contributed by atoms with Crippen LogP contribution in [0.4, 0.5) is 5.82 Å². The van der Waals surface area contributed by atoms with E-state index in [1.807, 2.05) is 6.08 Å². The van der Waals surface area contributed by atoms with Crippen molar-refractivity contribution in [2.24, 2.45) is 0 Å². The second kappa shape index (κ2) is 6.05. The second-order valence-electron chi connectivity index (χ2n) is 4.87. The quantitative estimate of drug-likeness (QED) is 0.785. The molecule has 21 heavy (non-hydrogen) atoms. The van der Waals surface area contributed by atoms with Gasteiger partial charge in [-0.15, -0.1) is 6.58 Å². The predicted octanol–water partition coefficient (Wildman–Crippen LogP) is 1.88. The van der Waals surface area contributed by atoms with Gasteiger partial charge in [0.2, 0.25) is 0 Å². The zero-order valence-corrected chi connectivity index (χ0v) is 12.0. The Balaban J connectivity index is 2.08. The molecule has 0 amide bonds. The average Bonchev–Trinajstić information content (AvgIpc) is 2.91. The van der Waals surface area contributed by atoms with Gasteiger partial charge in [0.05, 0.1) is 13.2 Å². The van der Waals surface area contributed by atoms with Gasteiger partial charge in [-0.3, -0.25) is 0 Å². The molecule has 0 atom stereocenters. The molecular formula is C15H19N5O. The number of rotatable bonds is 5. The van der Waals surface area contributed by atoms with E-state index in [9.17, 15) is 0 Å². The molecule has 1 aliphatic heterocycles. The van der Waals surface area contributed by atoms with Crippen molar-refractivity contribution in [3.63, 3.8) is 0 Å². The van der Waals surface area contributed by atoms with Crippen LogP contribution >= 0.6 is 0 Å². The Morgan fingerprint density at radius 2 is 2.05 bits per heavy atom. The maximum absolute atomic E-state index is 5.40. The number of aromatic nitrogens is 4. The molecule has 0 aromatic carbocycles. The SMILES string of the molecule is C=CCCn1c(C=C)nc2c(N3CCOCC3)ncnc21. The molecule has 0 saturated carbocycles. The number of hydrogen-bond acceptors (Lipinski definition) is 5. The number of morpholine rings is 1. The molecule has 6 heteroatoms. The molecule has 1 saturated heterocycles. The summed E-state index contributed by atoms with van der Waals surface area (Å²) < 4.78 is 7.46. The highest BCUT2D eigenvalue weighted by molar-refractivity contribution is 5.85. The van der Waals surface area contributed by atoms with Gasteiger partial charge in [0, 0.05) is 19.6 Å². The summed E-state index contributed by atoms with van der Waals surface area (Å²) in [6.07, 6.45) is 6.12. The molecule has 0 bridgehead atoms. The summed E-state index contributed by atoms with van der Waals surface area (Å²) in [7, 11) is 0. The standard InChI is InChI=1S/C15H19N5O/c1-3-5-6-20-12(4-2)18-13-14(16-11-17-15(13)20)19-7-9-21-10-8-19/h3-4,11H,1-2,5-10H2. The molecule has 3 rings (SSSR count). The van der Waals surface area contributed by atoms with Crippen molar-refractivity contribution < 1.29 is 4.74 Å². The van der Waals surface area contributed by atoms with E-state index in [1.54, 1.807) is 12.4 Å². The number of anilines is 1. The minimum absolute atomic E-state index is 0.719. The fraction of sp³-hybridized carbons (Fsp3) is 0.400. The second-order valence-corrected chi connectivity index (χ2v) is 4.87. The van der Waals surface area contributed by atoms with E-state index in [2.05, 4.69) is 37.6 Å². The van der Waals surface area contributed by atoms with E-state index in [0.29, 0.717) is 0 Å². The monoisotopic (exact) mass is 285 g/mol. The van der Waals surface area contributed by atoms with Crippen LogP contribution in [-0.2, 0) is 11.3 Å². The van der Waals surface area contributed by atoms with Crippen LogP contribution in [0.2, 0.25) is 0 Å². The molecule has 0 unspecified atom stereocenters. The number of allylic oxidation sites excluding steroid dienone is 1. The fourth-order valence-corrected chi connectivity index (χ4v) is 2.54. The highest BCUT2D eigenvalue weighted by atomic mass is 16.5. The number of nitrogens with zero attached hydrogens (tertiary/aromatic N) is 5. The summed E-state index contributed by atoms with van der Waals surface area (Å²) in [5.74, 6) is 1.70. The van der Waals surface area contributed by atoms with Gasteiger partial charge in [-0.1, -0.05) is 12.7 Å². The van der Waals surface area contributed by atoms with Gasteiger partial charge < -0.3 is 14.2 Å². The van der Waals surface area contributed by atoms with Gasteiger partial charge in [0.1, 0.15) is 12.2 Å². The van der Waals surface area contributed by atoms with Crippen molar-refractivity contribution >= 4 is 23.1 Å². The third kappa shape index (κ3) is 2.54. The zero-order chi connectivity index (χ0) is 14.7. The van der Waals surface area contributed by atoms with Crippen LogP contribution < -0.4 is 4.90 Å². The summed E-state index contributed by atoms with van der Waals surface area (Å²) in [4.78, 5) is 15.7. The molecule has 1 fully saturated rings. The van der Waals surface area contributed by atoms with Crippen LogP contribution in [0.3, 0.4) is 0 Å². The summed E-state index contributed by atoms with van der Waals surface area (Å²) in [5, 5.41) is 0. The molecule has 0 N–H and O–H groups in total. The minimum atomic E-state index is 0.719. The number of ether oxygens (including phenoxy) is 1. The largest absolute Gasteiger partial charge is 0.378 e. The lowest BCUT2D eigenvalue weighted by molar-refractivity contribution is 0.122. The van der Waals surface area contributed by atoms with Crippen LogP contribution in [0.5, 0.6) is 0 Å². The lowest BCUT2D eigenvalue weighted by atomic mass is 10.3. The zero-order valence-electron chi connectivity index (χ0n) is 12.0. The van der Waals surface area contributed by atoms with Crippen LogP contribution in [0, 0.1) is 0 Å². The van der Waals surface area contributed by atoms with Crippen molar-refractivity contribution in [1.82, 2.24) is 19.5 Å². The van der Waals surface area contributed by atoms with Crippen LogP contribution in [0.1, 0.15) is 12.2 Å². The van der Waals surface area contributed by atoms with Crippen molar-refractivity contribution in [1.29, 1.82) is 0 Å². The lowest BCUT2D eigenvalue weighted by Gasteiger charge is -2.27. The smallest absolute Gasteiger partial charge is 0.165 e. The molecule has 2 aromatic rings. The van der Waals surface area contributed by atoms with E-state index in [1.165, 1.54) is 0 Å². The van der Waals surface area contributed by atoms with Gasteiger partial charge in [-0.05, 0) is 12.5 Å². The lowest BCUT2D eigenvalue weighted by Crippen LogP contribution is -2.36. The molecule has 0 spiro atoms. The maximum atomic E-state index is 5.40. The highest BCUT2D eigenvalue weighted by Gasteiger charge is 2.19. The van der Waals surface area contributed by atoms with Gasteiger partial charge in [-0.2, -0.15) is 0 Å². The molecule has 3 heterocycles. The molecule has 0 aliphatic carbocycles. The summed E-state index contributed by atoms with van der Waals surface area (Å²) in [6.45, 7) is 11.5. The summed E-state index contributed by atoms with van der Waals surface area (Å²) in [6, 6.07) is 0. The Labute approximate surface area is 123 Å². The van der Waals surface area contributed by atoms with E-state index >= 15 is 0 Å². The van der Waals surface area contributed by atoms with Crippen LogP contribution in [-0.4, -0.2) is 45.8 Å². The fourth-order valence-electron chi connectivity index (χ4n) is 2.54. The molecule has 6 nitrogen and oxygen atoms in total. The number of fused-ring (bicyclic) bond motifs is 1. The van der Waals surface area contributed by atoms with Gasteiger partial charge in [0.15, 0.2) is 17.0 Å². The third-order valence-corrected chi connectivity index (χ3v) is 3.59. The Morgan fingerprint density at radius 1 is 1.24 bits per heavy atom. The Hall–Kier alpha value is -2.21. The summed E-state index contributed by atoms with van der Waals surface area (Å²) >= 11 is 0. The summed E-state index contributed by atoms with van der Waals surface area (Å²) in [5.41, 5.74) is 1.68. The van der Waals surface area contributed by atoms with Crippen molar-refractivity contribution in [3.8, 4) is 0 Å². The molecule has 110 valence electrons. The molecular weight excluding hydrogens is 266 g/mol. The molecule has 1 aliphatic rings. The van der Waals surface area contributed by atoms with Gasteiger partial charge in [-0.25, -0.2) is 15.0 Å². The first-order valence-electron chi connectivity index (χ1n) is 7.12. The van der Waals surface area contributed by atoms with Crippen LogP contribution in [0.15, 0.2) is 25.6 Å². The maximum Gasteiger partial charge on any atom is 0.165 e. The van der Waals surface area contributed by atoms with E-state index in [0.717, 1.165) is 62.1 Å². The van der Waals surface area contributed by atoms with Crippen molar-refractivity contribution in [3.05, 3.63) is 31.4 Å². The number of aryl methyl sites for hydroxylation is 1. The van der Waals surface area contributed by atoms with Gasteiger partial charge >= 0.3 is 0 Å². The third-order valence-electron chi connectivity index (χ3n) is 3.59. The minimum Gasteiger partial charge on any atom is -0.378 e. The van der Waals surface area contributed by atoms with Gasteiger partial charge in [0.25, 0.3) is 0 Å². The first-order chi connectivity index (χ1) is 10.3. The number of imidazole rings is 1. The van der Waals surface area contributed by atoms with Crippen molar-refractivity contribution in [2.75, 3.05) is 31.2 Å². The van der Waals surface area contributed by atoms with Crippen molar-refractivity contribution in [2.45, 2.75) is 13.0 Å². The molecule has 0 radical (unpaired) electrons. The topological polar surface area (TPSA) is 56.1 Å². The average molecular weight is 285 g/mol. The van der Waals surface area contributed by atoms with E-state index in [-0.39, 0.29) is 0 Å². The molecule has 2 aromatic heterocycles. The van der Waals surface area contributed by atoms with Crippen LogP contribution in [0.25, 0.3) is 17.2 Å².